The molecule has 0 spiro atoms. The Bertz CT molecular complexity index is 722. The number of amides is 1. The van der Waals surface area contributed by atoms with Gasteiger partial charge in [0.15, 0.2) is 0 Å². The van der Waals surface area contributed by atoms with E-state index in [1.807, 2.05) is 18.4 Å². The van der Waals surface area contributed by atoms with Crippen molar-refractivity contribution in [3.8, 4) is 11.1 Å². The first-order valence-electron chi connectivity index (χ1n) is 9.58. The van der Waals surface area contributed by atoms with Crippen LogP contribution in [0.4, 0.5) is 0 Å². The molecule has 1 amide bonds. The Balaban J connectivity index is 1.84. The number of hydrogen-bond acceptors (Lipinski definition) is 4. The Hall–Kier alpha value is -1.95. The van der Waals surface area contributed by atoms with E-state index in [1.54, 1.807) is 0 Å². The van der Waals surface area contributed by atoms with Crippen molar-refractivity contribution in [2.24, 2.45) is 0 Å². The van der Waals surface area contributed by atoms with Gasteiger partial charge in [0.25, 0.3) is 5.91 Å². The monoisotopic (exact) mass is 386 g/mol. The summed E-state index contributed by atoms with van der Waals surface area (Å²) < 4.78 is 0. The van der Waals surface area contributed by atoms with E-state index in [4.69, 9.17) is 5.11 Å². The van der Waals surface area contributed by atoms with Gasteiger partial charge in [0.05, 0.1) is 11.5 Å². The molecule has 27 heavy (non-hydrogen) atoms. The summed E-state index contributed by atoms with van der Waals surface area (Å²) in [6, 6.07) is 10.5. The molecule has 1 heterocycles. The number of carbonyl (C=O) groups is 1. The van der Waals surface area contributed by atoms with E-state index in [-0.39, 0.29) is 12.5 Å². The maximum Gasteiger partial charge on any atom is 0.261 e. The van der Waals surface area contributed by atoms with Crippen molar-refractivity contribution in [2.75, 3.05) is 32.8 Å². The molecule has 0 unspecified atom stereocenters. The number of carbonyl (C=O) groups excluding carboxylic acids is 1. The lowest BCUT2D eigenvalue weighted by Crippen LogP contribution is -2.31. The van der Waals surface area contributed by atoms with Crippen molar-refractivity contribution >= 4 is 17.2 Å². The SMILES string of the molecule is C/C=C\Cc1ccc(-c2csc(C(=O)NCCCN(CC)CCO)c2)cc1. The fraction of sp³-hybridized carbons (Fsp3) is 0.409. The Morgan fingerprint density at radius 3 is 2.67 bits per heavy atom. The highest BCUT2D eigenvalue weighted by atomic mass is 32.1. The highest BCUT2D eigenvalue weighted by molar-refractivity contribution is 7.12. The van der Waals surface area contributed by atoms with E-state index in [0.717, 1.165) is 41.9 Å². The number of nitrogens with zero attached hydrogens (tertiary/aromatic N) is 1. The van der Waals surface area contributed by atoms with Crippen LogP contribution in [0.2, 0.25) is 0 Å². The minimum Gasteiger partial charge on any atom is -0.395 e. The van der Waals surface area contributed by atoms with Crippen LogP contribution >= 0.6 is 11.3 Å². The topological polar surface area (TPSA) is 52.6 Å². The number of hydrogen-bond donors (Lipinski definition) is 2. The van der Waals surface area contributed by atoms with Crippen molar-refractivity contribution in [2.45, 2.75) is 26.7 Å². The molecule has 2 N–H and O–H groups in total. The van der Waals surface area contributed by atoms with Crippen molar-refractivity contribution in [3.05, 3.63) is 58.3 Å². The Morgan fingerprint density at radius 2 is 2.00 bits per heavy atom. The zero-order valence-corrected chi connectivity index (χ0v) is 17.1. The summed E-state index contributed by atoms with van der Waals surface area (Å²) in [6.07, 6.45) is 6.03. The number of likely N-dealkylation sites (N-methyl/N-ethyl adjacent to an activating group) is 1. The fourth-order valence-electron chi connectivity index (χ4n) is 2.86. The third-order valence-corrected chi connectivity index (χ3v) is 5.43. The lowest BCUT2D eigenvalue weighted by atomic mass is 10.0. The van der Waals surface area contributed by atoms with Crippen molar-refractivity contribution in [3.63, 3.8) is 0 Å². The van der Waals surface area contributed by atoms with Crippen LogP contribution in [0.1, 0.15) is 35.5 Å². The van der Waals surface area contributed by atoms with Crippen LogP contribution in [-0.2, 0) is 6.42 Å². The summed E-state index contributed by atoms with van der Waals surface area (Å²) in [6.45, 7) is 7.41. The molecular formula is C22H30N2O2S. The van der Waals surface area contributed by atoms with Gasteiger partial charge in [-0.2, -0.15) is 0 Å². The smallest absolute Gasteiger partial charge is 0.261 e. The zero-order chi connectivity index (χ0) is 19.5. The van der Waals surface area contributed by atoms with Gasteiger partial charge in [0.1, 0.15) is 0 Å². The predicted molar refractivity (Wildman–Crippen MR) is 114 cm³/mol. The quantitative estimate of drug-likeness (QED) is 0.454. The first kappa shape index (κ1) is 21.4. The van der Waals surface area contributed by atoms with Crippen LogP contribution in [-0.4, -0.2) is 48.7 Å². The molecule has 1 aromatic carbocycles. The molecule has 146 valence electrons. The van der Waals surface area contributed by atoms with Crippen LogP contribution in [0.5, 0.6) is 0 Å². The van der Waals surface area contributed by atoms with Gasteiger partial charge in [0.2, 0.25) is 0 Å². The van der Waals surface area contributed by atoms with Crippen LogP contribution in [0.15, 0.2) is 47.9 Å². The standard InChI is InChI=1S/C22H30N2O2S/c1-3-5-7-18-8-10-19(11-9-18)20-16-21(27-17-20)22(26)23-12-6-13-24(4-2)14-15-25/h3,5,8-11,16-17,25H,4,6-7,12-15H2,1-2H3,(H,23,26)/b5-3-. The third-order valence-electron chi connectivity index (χ3n) is 4.50. The molecule has 0 saturated carbocycles. The minimum atomic E-state index is -0.0128. The van der Waals surface area contributed by atoms with Gasteiger partial charge < -0.3 is 15.3 Å². The summed E-state index contributed by atoms with van der Waals surface area (Å²) in [4.78, 5) is 15.3. The van der Waals surface area contributed by atoms with Crippen molar-refractivity contribution < 1.29 is 9.90 Å². The summed E-state index contributed by atoms with van der Waals surface area (Å²) in [5.74, 6) is -0.0128. The highest BCUT2D eigenvalue weighted by Gasteiger charge is 2.10. The largest absolute Gasteiger partial charge is 0.395 e. The van der Waals surface area contributed by atoms with Crippen LogP contribution in [0.25, 0.3) is 11.1 Å². The van der Waals surface area contributed by atoms with Gasteiger partial charge in [-0.05, 0) is 61.0 Å². The van der Waals surface area contributed by atoms with Crippen LogP contribution < -0.4 is 5.32 Å². The third kappa shape index (κ3) is 6.94. The molecule has 0 bridgehead atoms. The summed E-state index contributed by atoms with van der Waals surface area (Å²) in [7, 11) is 0. The average molecular weight is 387 g/mol. The summed E-state index contributed by atoms with van der Waals surface area (Å²) in [5.41, 5.74) is 3.51. The number of aliphatic hydroxyl groups excluding tert-OH is 1. The first-order chi connectivity index (χ1) is 13.2. The zero-order valence-electron chi connectivity index (χ0n) is 16.3. The van der Waals surface area contributed by atoms with E-state index >= 15 is 0 Å². The Labute approximate surface area is 166 Å². The molecule has 5 heteroatoms. The van der Waals surface area contributed by atoms with Gasteiger partial charge in [-0.3, -0.25) is 4.79 Å². The molecule has 0 atom stereocenters. The van der Waals surface area contributed by atoms with Gasteiger partial charge in [-0.1, -0.05) is 43.3 Å². The molecule has 2 aromatic rings. The molecule has 0 saturated heterocycles. The molecule has 0 fully saturated rings. The Morgan fingerprint density at radius 1 is 1.22 bits per heavy atom. The molecule has 0 aliphatic rings. The van der Waals surface area contributed by atoms with E-state index in [2.05, 4.69) is 53.6 Å². The average Bonchev–Trinajstić information content (AvgIpc) is 3.19. The number of thiophene rings is 1. The first-order valence-corrected chi connectivity index (χ1v) is 10.5. The number of rotatable bonds is 11. The summed E-state index contributed by atoms with van der Waals surface area (Å²) >= 11 is 1.48. The van der Waals surface area contributed by atoms with E-state index in [0.29, 0.717) is 13.1 Å². The second-order valence-electron chi connectivity index (χ2n) is 6.44. The molecular weight excluding hydrogens is 356 g/mol. The van der Waals surface area contributed by atoms with E-state index in [9.17, 15) is 4.79 Å². The highest BCUT2D eigenvalue weighted by Crippen LogP contribution is 2.26. The second-order valence-corrected chi connectivity index (χ2v) is 7.35. The molecule has 2 rings (SSSR count). The van der Waals surface area contributed by atoms with Gasteiger partial charge in [-0.15, -0.1) is 11.3 Å². The summed E-state index contributed by atoms with van der Waals surface area (Å²) in [5, 5.41) is 14.0. The number of aliphatic hydroxyl groups is 1. The molecule has 0 aliphatic heterocycles. The fourth-order valence-corrected chi connectivity index (χ4v) is 3.69. The maximum absolute atomic E-state index is 12.3. The normalized spacial score (nSPS) is 11.4. The van der Waals surface area contributed by atoms with Crippen molar-refractivity contribution in [1.82, 2.24) is 10.2 Å². The van der Waals surface area contributed by atoms with E-state index in [1.165, 1.54) is 16.9 Å². The molecule has 4 nitrogen and oxygen atoms in total. The lowest BCUT2D eigenvalue weighted by molar-refractivity contribution is 0.0955. The van der Waals surface area contributed by atoms with Gasteiger partial charge in [-0.25, -0.2) is 0 Å². The lowest BCUT2D eigenvalue weighted by Gasteiger charge is -2.18. The number of nitrogens with one attached hydrogen (secondary N) is 1. The predicted octanol–water partition coefficient (Wildman–Crippen LogP) is 3.97. The van der Waals surface area contributed by atoms with Crippen molar-refractivity contribution in [1.29, 1.82) is 0 Å². The Kier molecular flexibility index (Phi) is 9.25. The van der Waals surface area contributed by atoms with Gasteiger partial charge in [0, 0.05) is 13.1 Å². The van der Waals surface area contributed by atoms with Crippen LogP contribution in [0, 0.1) is 0 Å². The maximum atomic E-state index is 12.3. The second kappa shape index (κ2) is 11.7. The van der Waals surface area contributed by atoms with Gasteiger partial charge >= 0.3 is 0 Å². The number of benzene rings is 1. The van der Waals surface area contributed by atoms with Crippen LogP contribution in [0.3, 0.4) is 0 Å². The van der Waals surface area contributed by atoms with E-state index < -0.39 is 0 Å². The number of allylic oxidation sites excluding steroid dienone is 2. The molecule has 0 radical (unpaired) electrons. The minimum absolute atomic E-state index is 0.0128. The molecule has 0 aliphatic carbocycles. The molecule has 1 aromatic heterocycles.